The van der Waals surface area contributed by atoms with Gasteiger partial charge in [-0.05, 0) is 44.3 Å². The van der Waals surface area contributed by atoms with Gasteiger partial charge in [-0.25, -0.2) is 0 Å². The predicted octanol–water partition coefficient (Wildman–Crippen LogP) is 1.38. The molecular formula is C11H18ClN3O. The van der Waals surface area contributed by atoms with E-state index in [9.17, 15) is 0 Å². The Morgan fingerprint density at radius 1 is 1.38 bits per heavy atom. The average Bonchev–Trinajstić information content (AvgIpc) is 2.25. The minimum atomic E-state index is 0. The van der Waals surface area contributed by atoms with Crippen LogP contribution in [0.5, 0.6) is 5.75 Å². The van der Waals surface area contributed by atoms with Gasteiger partial charge in [0, 0.05) is 5.56 Å². The number of benzene rings is 1. The van der Waals surface area contributed by atoms with Crippen LogP contribution in [0, 0.1) is 5.41 Å². The molecule has 1 aromatic carbocycles. The molecule has 16 heavy (non-hydrogen) atoms. The van der Waals surface area contributed by atoms with Crippen LogP contribution in [0.1, 0.15) is 12.0 Å². The third-order valence-corrected chi connectivity index (χ3v) is 2.01. The summed E-state index contributed by atoms with van der Waals surface area (Å²) < 4.78 is 5.49. The van der Waals surface area contributed by atoms with Gasteiger partial charge < -0.3 is 15.8 Å². The van der Waals surface area contributed by atoms with Gasteiger partial charge in [0.1, 0.15) is 11.6 Å². The zero-order valence-corrected chi connectivity index (χ0v) is 10.1. The Labute approximate surface area is 102 Å². The number of hydrogen-bond acceptors (Lipinski definition) is 3. The van der Waals surface area contributed by atoms with E-state index in [4.69, 9.17) is 15.9 Å². The van der Waals surface area contributed by atoms with E-state index in [0.29, 0.717) is 6.61 Å². The van der Waals surface area contributed by atoms with Crippen molar-refractivity contribution in [3.8, 4) is 5.75 Å². The molecule has 0 unspecified atom stereocenters. The number of hydrogen-bond donors (Lipinski definition) is 3. The molecule has 90 valence electrons. The molecule has 0 aliphatic heterocycles. The van der Waals surface area contributed by atoms with Crippen molar-refractivity contribution < 1.29 is 4.74 Å². The summed E-state index contributed by atoms with van der Waals surface area (Å²) in [4.78, 5) is 0. The van der Waals surface area contributed by atoms with Crippen molar-refractivity contribution in [2.24, 2.45) is 5.73 Å². The number of rotatable bonds is 6. The van der Waals surface area contributed by atoms with E-state index in [0.717, 1.165) is 24.3 Å². The number of halogens is 1. The molecule has 0 atom stereocenters. The number of nitrogen functional groups attached to an aromatic ring is 1. The van der Waals surface area contributed by atoms with Gasteiger partial charge >= 0.3 is 0 Å². The lowest BCUT2D eigenvalue weighted by atomic mass is 10.2. The van der Waals surface area contributed by atoms with Crippen molar-refractivity contribution in [2.45, 2.75) is 6.42 Å². The Kier molecular flexibility index (Phi) is 7.33. The van der Waals surface area contributed by atoms with Crippen molar-refractivity contribution in [3.05, 3.63) is 29.8 Å². The molecule has 4 N–H and O–H groups in total. The van der Waals surface area contributed by atoms with Crippen molar-refractivity contribution in [3.63, 3.8) is 0 Å². The maximum atomic E-state index is 7.23. The molecule has 0 amide bonds. The average molecular weight is 244 g/mol. The van der Waals surface area contributed by atoms with Crippen LogP contribution in [0.3, 0.4) is 0 Å². The van der Waals surface area contributed by atoms with E-state index in [-0.39, 0.29) is 18.2 Å². The maximum Gasteiger partial charge on any atom is 0.122 e. The lowest BCUT2D eigenvalue weighted by Crippen LogP contribution is -2.12. The first-order chi connectivity index (χ1) is 7.24. The highest BCUT2D eigenvalue weighted by Gasteiger charge is 1.97. The Bertz CT molecular complexity index is 314. The monoisotopic (exact) mass is 243 g/mol. The number of ether oxygens (including phenoxy) is 1. The highest BCUT2D eigenvalue weighted by Crippen LogP contribution is 2.11. The first kappa shape index (κ1) is 14.7. The first-order valence-corrected chi connectivity index (χ1v) is 4.96. The molecule has 5 heteroatoms. The fourth-order valence-electron chi connectivity index (χ4n) is 1.17. The standard InChI is InChI=1S/C11H17N3O.ClH/c1-14-7-2-8-15-10-5-3-9(4-6-10)11(12)13;/h3-6,14H,2,7-8H2,1H3,(H3,12,13);1H. The predicted molar refractivity (Wildman–Crippen MR) is 68.7 cm³/mol. The van der Waals surface area contributed by atoms with Gasteiger partial charge in [-0.3, -0.25) is 5.41 Å². The summed E-state index contributed by atoms with van der Waals surface area (Å²) in [6.45, 7) is 1.64. The Morgan fingerprint density at radius 2 is 2.00 bits per heavy atom. The molecule has 0 heterocycles. The minimum Gasteiger partial charge on any atom is -0.494 e. The van der Waals surface area contributed by atoms with Gasteiger partial charge in [-0.15, -0.1) is 12.4 Å². The highest BCUT2D eigenvalue weighted by atomic mass is 35.5. The van der Waals surface area contributed by atoms with E-state index < -0.39 is 0 Å². The third-order valence-electron chi connectivity index (χ3n) is 2.01. The zero-order valence-electron chi connectivity index (χ0n) is 9.32. The molecule has 0 bridgehead atoms. The van der Waals surface area contributed by atoms with Crippen LogP contribution < -0.4 is 15.8 Å². The van der Waals surface area contributed by atoms with Crippen molar-refractivity contribution in [1.29, 1.82) is 5.41 Å². The zero-order chi connectivity index (χ0) is 11.1. The van der Waals surface area contributed by atoms with Crippen LogP contribution in [0.2, 0.25) is 0 Å². The summed E-state index contributed by atoms with van der Waals surface area (Å²) in [5.41, 5.74) is 6.06. The summed E-state index contributed by atoms with van der Waals surface area (Å²) in [5.74, 6) is 0.896. The summed E-state index contributed by atoms with van der Waals surface area (Å²) in [5, 5.41) is 10.3. The molecule has 0 aliphatic rings. The van der Waals surface area contributed by atoms with E-state index in [2.05, 4.69) is 5.32 Å². The highest BCUT2D eigenvalue weighted by molar-refractivity contribution is 5.94. The summed E-state index contributed by atoms with van der Waals surface area (Å²) in [6.07, 6.45) is 0.977. The number of nitrogens with two attached hydrogens (primary N) is 1. The molecule has 0 aromatic heterocycles. The maximum absolute atomic E-state index is 7.23. The third kappa shape index (κ3) is 5.00. The molecule has 0 saturated heterocycles. The van der Waals surface area contributed by atoms with Crippen LogP contribution in [0.25, 0.3) is 0 Å². The lowest BCUT2D eigenvalue weighted by Gasteiger charge is -2.06. The normalized spacial score (nSPS) is 9.31. The second-order valence-corrected chi connectivity index (χ2v) is 3.24. The Balaban J connectivity index is 0.00000225. The van der Waals surface area contributed by atoms with Crippen molar-refractivity contribution in [2.75, 3.05) is 20.2 Å². The van der Waals surface area contributed by atoms with Crippen LogP contribution in [0.4, 0.5) is 0 Å². The van der Waals surface area contributed by atoms with Crippen LogP contribution in [-0.2, 0) is 0 Å². The van der Waals surface area contributed by atoms with Gasteiger partial charge in [0.25, 0.3) is 0 Å². The first-order valence-electron chi connectivity index (χ1n) is 4.96. The van der Waals surface area contributed by atoms with Crippen LogP contribution >= 0.6 is 12.4 Å². The molecule has 0 aliphatic carbocycles. The quantitative estimate of drug-likeness (QED) is 0.402. The smallest absolute Gasteiger partial charge is 0.122 e. The Morgan fingerprint density at radius 3 is 2.50 bits per heavy atom. The van der Waals surface area contributed by atoms with E-state index in [1.165, 1.54) is 0 Å². The molecule has 0 saturated carbocycles. The SMILES string of the molecule is CNCCCOc1ccc(C(=N)N)cc1.Cl. The van der Waals surface area contributed by atoms with Gasteiger partial charge in [0.05, 0.1) is 6.61 Å². The van der Waals surface area contributed by atoms with Crippen molar-refractivity contribution in [1.82, 2.24) is 5.32 Å². The van der Waals surface area contributed by atoms with Gasteiger partial charge in [0.15, 0.2) is 0 Å². The molecular weight excluding hydrogens is 226 g/mol. The van der Waals surface area contributed by atoms with Crippen LogP contribution in [0.15, 0.2) is 24.3 Å². The van der Waals surface area contributed by atoms with Gasteiger partial charge in [-0.1, -0.05) is 0 Å². The molecule has 1 rings (SSSR count). The second kappa shape index (κ2) is 7.96. The molecule has 0 spiro atoms. The van der Waals surface area contributed by atoms with Gasteiger partial charge in [0.2, 0.25) is 0 Å². The van der Waals surface area contributed by atoms with E-state index in [1.807, 2.05) is 19.2 Å². The van der Waals surface area contributed by atoms with Crippen molar-refractivity contribution >= 4 is 18.2 Å². The van der Waals surface area contributed by atoms with Gasteiger partial charge in [-0.2, -0.15) is 0 Å². The fourth-order valence-corrected chi connectivity index (χ4v) is 1.17. The molecule has 0 radical (unpaired) electrons. The summed E-state index contributed by atoms with van der Waals surface area (Å²) in [7, 11) is 1.92. The summed E-state index contributed by atoms with van der Waals surface area (Å²) >= 11 is 0. The number of amidine groups is 1. The second-order valence-electron chi connectivity index (χ2n) is 3.24. The van der Waals surface area contributed by atoms with E-state index in [1.54, 1.807) is 12.1 Å². The molecule has 1 aromatic rings. The largest absolute Gasteiger partial charge is 0.494 e. The molecule has 0 fully saturated rings. The number of nitrogens with one attached hydrogen (secondary N) is 2. The minimum absolute atomic E-state index is 0. The van der Waals surface area contributed by atoms with Crippen LogP contribution in [-0.4, -0.2) is 26.0 Å². The topological polar surface area (TPSA) is 71.1 Å². The lowest BCUT2D eigenvalue weighted by molar-refractivity contribution is 0.310. The van der Waals surface area contributed by atoms with E-state index >= 15 is 0 Å². The summed E-state index contributed by atoms with van der Waals surface area (Å²) in [6, 6.07) is 7.23. The Hall–Kier alpha value is -1.26. The molecule has 4 nitrogen and oxygen atoms in total. The fraction of sp³-hybridized carbons (Fsp3) is 0.364.